The Morgan fingerprint density at radius 3 is 2.94 bits per heavy atom. The fourth-order valence-corrected chi connectivity index (χ4v) is 5.37. The Kier molecular flexibility index (Phi) is 3.84. The highest BCUT2D eigenvalue weighted by atomic mass is 79.9. The van der Waals surface area contributed by atoms with Crippen molar-refractivity contribution >= 4 is 27.3 Å². The number of hydrogen-bond donors (Lipinski definition) is 0. The minimum atomic E-state index is 0.557. The molecule has 100 valence electrons. The molecular weight excluding hydrogens is 306 g/mol. The third kappa shape index (κ3) is 2.30. The number of rotatable bonds is 3. The Bertz CT molecular complexity index is 408. The van der Waals surface area contributed by atoms with Crippen molar-refractivity contribution < 1.29 is 0 Å². The van der Waals surface area contributed by atoms with Crippen LogP contribution in [0.3, 0.4) is 0 Å². The third-order valence-corrected chi connectivity index (χ3v) is 7.08. The van der Waals surface area contributed by atoms with Crippen molar-refractivity contribution in [1.29, 1.82) is 0 Å². The van der Waals surface area contributed by atoms with Gasteiger partial charge in [0.2, 0.25) is 0 Å². The van der Waals surface area contributed by atoms with Gasteiger partial charge in [0.1, 0.15) is 0 Å². The van der Waals surface area contributed by atoms with Gasteiger partial charge in [0.25, 0.3) is 0 Å². The lowest BCUT2D eigenvalue weighted by molar-refractivity contribution is 0.126. The van der Waals surface area contributed by atoms with Gasteiger partial charge in [-0.1, -0.05) is 28.8 Å². The molecule has 0 radical (unpaired) electrons. The standard InChI is InChI=1S/C15H22BrNS/c1-12-13-5-9-18-14(13)4-8-17(12)11-15(10-16)6-2-3-7-15/h5,9,12H,2-4,6-8,10-11H2,1H3. The van der Waals surface area contributed by atoms with E-state index < -0.39 is 0 Å². The Morgan fingerprint density at radius 2 is 2.22 bits per heavy atom. The molecule has 1 nitrogen and oxygen atoms in total. The summed E-state index contributed by atoms with van der Waals surface area (Å²) in [5.41, 5.74) is 2.15. The average molecular weight is 328 g/mol. The molecule has 0 amide bonds. The van der Waals surface area contributed by atoms with Gasteiger partial charge in [-0.25, -0.2) is 0 Å². The first kappa shape index (κ1) is 13.1. The lowest BCUT2D eigenvalue weighted by atomic mass is 9.86. The molecule has 0 bridgehead atoms. The molecule has 0 N–H and O–H groups in total. The maximum absolute atomic E-state index is 3.78. The fourth-order valence-electron chi connectivity index (χ4n) is 3.67. The van der Waals surface area contributed by atoms with Crippen molar-refractivity contribution in [2.75, 3.05) is 18.4 Å². The van der Waals surface area contributed by atoms with Gasteiger partial charge in [0.15, 0.2) is 0 Å². The molecule has 3 rings (SSSR count). The first-order valence-corrected chi connectivity index (χ1v) is 9.10. The minimum absolute atomic E-state index is 0.557. The molecule has 0 saturated heterocycles. The van der Waals surface area contributed by atoms with Crippen molar-refractivity contribution in [3.8, 4) is 0 Å². The van der Waals surface area contributed by atoms with Crippen LogP contribution in [-0.2, 0) is 6.42 Å². The molecule has 1 aliphatic carbocycles. The summed E-state index contributed by atoms with van der Waals surface area (Å²) in [6.07, 6.45) is 6.95. The van der Waals surface area contributed by atoms with Crippen LogP contribution in [0.25, 0.3) is 0 Å². The number of hydrogen-bond acceptors (Lipinski definition) is 2. The Morgan fingerprint density at radius 1 is 1.44 bits per heavy atom. The molecular formula is C15H22BrNS. The van der Waals surface area contributed by atoms with E-state index in [4.69, 9.17) is 0 Å². The van der Waals surface area contributed by atoms with Crippen LogP contribution in [0, 0.1) is 5.41 Å². The van der Waals surface area contributed by atoms with E-state index in [9.17, 15) is 0 Å². The van der Waals surface area contributed by atoms with Crippen molar-refractivity contribution in [1.82, 2.24) is 4.90 Å². The molecule has 1 aromatic rings. The Labute approximate surface area is 123 Å². The molecule has 2 aliphatic rings. The highest BCUT2D eigenvalue weighted by molar-refractivity contribution is 9.09. The SMILES string of the molecule is CC1c2ccsc2CCN1CC1(CBr)CCCC1. The molecule has 1 aromatic heterocycles. The zero-order valence-corrected chi connectivity index (χ0v) is 13.5. The van der Waals surface area contributed by atoms with Crippen molar-refractivity contribution in [3.63, 3.8) is 0 Å². The molecule has 1 unspecified atom stereocenters. The van der Waals surface area contributed by atoms with Crippen molar-refractivity contribution in [3.05, 3.63) is 21.9 Å². The summed E-state index contributed by atoms with van der Waals surface area (Å²) in [6.45, 7) is 4.93. The number of halogens is 1. The topological polar surface area (TPSA) is 3.24 Å². The number of alkyl halides is 1. The largest absolute Gasteiger partial charge is 0.296 e. The van der Waals surface area contributed by atoms with E-state index in [0.717, 1.165) is 0 Å². The van der Waals surface area contributed by atoms with E-state index in [1.165, 1.54) is 50.5 Å². The highest BCUT2D eigenvalue weighted by Gasteiger charge is 2.37. The summed E-state index contributed by atoms with van der Waals surface area (Å²) in [5.74, 6) is 0. The van der Waals surface area contributed by atoms with E-state index in [1.807, 2.05) is 11.3 Å². The first-order chi connectivity index (χ1) is 8.74. The van der Waals surface area contributed by atoms with E-state index in [2.05, 4.69) is 39.2 Å². The van der Waals surface area contributed by atoms with Crippen LogP contribution in [0.1, 0.15) is 49.1 Å². The molecule has 0 aromatic carbocycles. The van der Waals surface area contributed by atoms with Gasteiger partial charge < -0.3 is 0 Å². The lowest BCUT2D eigenvalue weighted by Gasteiger charge is -2.40. The number of thiophene rings is 1. The van der Waals surface area contributed by atoms with Gasteiger partial charge in [-0.15, -0.1) is 11.3 Å². The van der Waals surface area contributed by atoms with Crippen LogP contribution in [0.5, 0.6) is 0 Å². The van der Waals surface area contributed by atoms with Gasteiger partial charge in [0.05, 0.1) is 0 Å². The zero-order valence-electron chi connectivity index (χ0n) is 11.1. The summed E-state index contributed by atoms with van der Waals surface area (Å²) in [7, 11) is 0. The second-order valence-corrected chi connectivity index (χ2v) is 7.60. The second-order valence-electron chi connectivity index (χ2n) is 6.04. The lowest BCUT2D eigenvalue weighted by Crippen LogP contribution is -2.41. The fraction of sp³-hybridized carbons (Fsp3) is 0.733. The average Bonchev–Trinajstić information content (AvgIpc) is 3.03. The van der Waals surface area contributed by atoms with Crippen LogP contribution in [-0.4, -0.2) is 23.3 Å². The molecule has 18 heavy (non-hydrogen) atoms. The molecule has 1 atom stereocenters. The monoisotopic (exact) mass is 327 g/mol. The van der Waals surface area contributed by atoms with Crippen LogP contribution < -0.4 is 0 Å². The predicted molar refractivity (Wildman–Crippen MR) is 82.7 cm³/mol. The van der Waals surface area contributed by atoms with E-state index in [0.29, 0.717) is 11.5 Å². The van der Waals surface area contributed by atoms with Gasteiger partial charge >= 0.3 is 0 Å². The second kappa shape index (κ2) is 5.26. The van der Waals surface area contributed by atoms with Crippen LogP contribution in [0.4, 0.5) is 0 Å². The summed E-state index contributed by atoms with van der Waals surface area (Å²) < 4.78 is 0. The molecule has 1 fully saturated rings. The molecule has 1 aliphatic heterocycles. The highest BCUT2D eigenvalue weighted by Crippen LogP contribution is 2.43. The molecule has 2 heterocycles. The summed E-state index contributed by atoms with van der Waals surface area (Å²) in [6, 6.07) is 2.96. The maximum atomic E-state index is 3.78. The van der Waals surface area contributed by atoms with Gasteiger partial charge in [-0.05, 0) is 48.6 Å². The first-order valence-electron chi connectivity index (χ1n) is 7.10. The van der Waals surface area contributed by atoms with Crippen molar-refractivity contribution in [2.24, 2.45) is 5.41 Å². The summed E-state index contributed by atoms with van der Waals surface area (Å²) >= 11 is 5.72. The van der Waals surface area contributed by atoms with Crippen LogP contribution >= 0.6 is 27.3 Å². The summed E-state index contributed by atoms with van der Waals surface area (Å²) in [4.78, 5) is 4.35. The Hall–Kier alpha value is 0.140. The van der Waals surface area contributed by atoms with Gasteiger partial charge in [-0.3, -0.25) is 4.90 Å². The van der Waals surface area contributed by atoms with E-state index in [1.54, 1.807) is 10.4 Å². The number of nitrogens with zero attached hydrogens (tertiary/aromatic N) is 1. The van der Waals surface area contributed by atoms with Crippen molar-refractivity contribution in [2.45, 2.75) is 45.1 Å². The zero-order chi connectivity index (χ0) is 12.6. The maximum Gasteiger partial charge on any atom is 0.0331 e. The van der Waals surface area contributed by atoms with Gasteiger partial charge in [-0.2, -0.15) is 0 Å². The van der Waals surface area contributed by atoms with Crippen LogP contribution in [0.2, 0.25) is 0 Å². The smallest absolute Gasteiger partial charge is 0.0331 e. The van der Waals surface area contributed by atoms with E-state index in [-0.39, 0.29) is 0 Å². The van der Waals surface area contributed by atoms with Gasteiger partial charge in [0, 0.05) is 29.3 Å². The van der Waals surface area contributed by atoms with Crippen LogP contribution in [0.15, 0.2) is 11.4 Å². The number of fused-ring (bicyclic) bond motifs is 1. The minimum Gasteiger partial charge on any atom is -0.296 e. The summed E-state index contributed by atoms with van der Waals surface area (Å²) in [5, 5.41) is 3.44. The third-order valence-electron chi connectivity index (χ3n) is 4.89. The van der Waals surface area contributed by atoms with E-state index >= 15 is 0 Å². The Balaban J connectivity index is 1.74. The normalized spacial score (nSPS) is 27.3. The molecule has 1 saturated carbocycles. The quantitative estimate of drug-likeness (QED) is 0.732. The predicted octanol–water partition coefficient (Wildman–Crippen LogP) is 4.62. The molecule has 3 heteroatoms. The molecule has 0 spiro atoms.